The summed E-state index contributed by atoms with van der Waals surface area (Å²) in [5.74, 6) is 1.74. The lowest BCUT2D eigenvalue weighted by Gasteiger charge is -2.10. The number of anilines is 1. The third-order valence-electron chi connectivity index (χ3n) is 3.11. The summed E-state index contributed by atoms with van der Waals surface area (Å²) in [6, 6.07) is 8.54. The monoisotopic (exact) mass is 335 g/mol. The molecule has 1 heterocycles. The molecular weight excluding hydrogens is 318 g/mol. The summed E-state index contributed by atoms with van der Waals surface area (Å²) in [6.45, 7) is 0.474. The minimum absolute atomic E-state index is 0.333. The topological polar surface area (TPSA) is 72.5 Å². The van der Waals surface area contributed by atoms with Crippen LogP contribution in [0.3, 0.4) is 0 Å². The van der Waals surface area contributed by atoms with Crippen molar-refractivity contribution in [1.29, 1.82) is 0 Å². The maximum atomic E-state index is 11.8. The summed E-state index contributed by atoms with van der Waals surface area (Å²) in [5, 5.41) is 5.89. The van der Waals surface area contributed by atoms with E-state index in [1.165, 1.54) is 6.20 Å². The highest BCUT2D eigenvalue weighted by Crippen LogP contribution is 2.27. The Morgan fingerprint density at radius 3 is 2.65 bits per heavy atom. The Hall–Kier alpha value is -2.47. The maximum Gasteiger partial charge on any atom is 0.320 e. The fourth-order valence-electron chi connectivity index (χ4n) is 1.99. The molecule has 0 aliphatic heterocycles. The van der Waals surface area contributed by atoms with Gasteiger partial charge in [0.1, 0.15) is 5.82 Å². The Bertz CT molecular complexity index is 679. The summed E-state index contributed by atoms with van der Waals surface area (Å²) in [7, 11) is 3.18. The van der Waals surface area contributed by atoms with Crippen LogP contribution in [0.1, 0.15) is 5.56 Å². The molecule has 1 aromatic carbocycles. The summed E-state index contributed by atoms with van der Waals surface area (Å²) < 4.78 is 10.4. The molecule has 0 bridgehead atoms. The van der Waals surface area contributed by atoms with E-state index >= 15 is 0 Å². The number of hydrogen-bond acceptors (Lipinski definition) is 4. The third kappa shape index (κ3) is 5.03. The van der Waals surface area contributed by atoms with E-state index in [9.17, 15) is 4.79 Å². The van der Waals surface area contributed by atoms with Gasteiger partial charge in [-0.3, -0.25) is 5.32 Å². The van der Waals surface area contributed by atoms with E-state index in [-0.39, 0.29) is 6.03 Å². The number of rotatable bonds is 6. The number of methoxy groups -OCH3 is 2. The number of pyridine rings is 1. The molecule has 0 atom stereocenters. The lowest BCUT2D eigenvalue weighted by Crippen LogP contribution is -2.30. The first-order chi connectivity index (χ1) is 11.1. The second-order valence-corrected chi connectivity index (χ2v) is 5.12. The van der Waals surface area contributed by atoms with E-state index < -0.39 is 0 Å². The molecule has 0 radical (unpaired) electrons. The Morgan fingerprint density at radius 2 is 1.96 bits per heavy atom. The number of hydrogen-bond donors (Lipinski definition) is 2. The first-order valence-electron chi connectivity index (χ1n) is 6.99. The fraction of sp³-hybridized carbons (Fsp3) is 0.250. The smallest absolute Gasteiger partial charge is 0.320 e. The minimum atomic E-state index is -0.333. The third-order valence-corrected chi connectivity index (χ3v) is 3.35. The van der Waals surface area contributed by atoms with Gasteiger partial charge >= 0.3 is 6.03 Å². The summed E-state index contributed by atoms with van der Waals surface area (Å²) in [5.41, 5.74) is 1.03. The van der Waals surface area contributed by atoms with Crippen molar-refractivity contribution in [1.82, 2.24) is 10.3 Å². The zero-order valence-electron chi connectivity index (χ0n) is 12.9. The van der Waals surface area contributed by atoms with Crippen LogP contribution in [0.5, 0.6) is 11.5 Å². The molecule has 23 heavy (non-hydrogen) atoms. The van der Waals surface area contributed by atoms with E-state index in [0.717, 1.165) is 5.56 Å². The molecule has 0 unspecified atom stereocenters. The molecule has 0 aliphatic carbocycles. The van der Waals surface area contributed by atoms with Gasteiger partial charge < -0.3 is 14.8 Å². The zero-order valence-corrected chi connectivity index (χ0v) is 13.7. The van der Waals surface area contributed by atoms with E-state index in [1.54, 1.807) is 26.4 Å². The Labute approximate surface area is 139 Å². The van der Waals surface area contributed by atoms with Gasteiger partial charge in [0.15, 0.2) is 11.5 Å². The molecule has 2 amide bonds. The molecule has 0 saturated carbocycles. The molecule has 6 nitrogen and oxygen atoms in total. The highest BCUT2D eigenvalue weighted by Gasteiger charge is 2.06. The number of urea groups is 1. The number of aromatic nitrogens is 1. The van der Waals surface area contributed by atoms with Gasteiger partial charge in [-0.05, 0) is 36.2 Å². The zero-order chi connectivity index (χ0) is 16.7. The SMILES string of the molecule is COc1ccc(CCNC(=O)Nc2cc(Cl)ccn2)cc1OC. The molecule has 2 aromatic rings. The molecule has 2 N–H and O–H groups in total. The van der Waals surface area contributed by atoms with Gasteiger partial charge in [-0.2, -0.15) is 0 Å². The van der Waals surface area contributed by atoms with E-state index in [0.29, 0.717) is 35.3 Å². The van der Waals surface area contributed by atoms with Crippen LogP contribution in [0.2, 0.25) is 5.02 Å². The summed E-state index contributed by atoms with van der Waals surface area (Å²) >= 11 is 5.83. The predicted octanol–water partition coefficient (Wildman–Crippen LogP) is 3.12. The van der Waals surface area contributed by atoms with Crippen molar-refractivity contribution in [2.75, 3.05) is 26.1 Å². The molecule has 0 saturated heterocycles. The lowest BCUT2D eigenvalue weighted by atomic mass is 10.1. The van der Waals surface area contributed by atoms with Crippen molar-refractivity contribution in [3.63, 3.8) is 0 Å². The van der Waals surface area contributed by atoms with Crippen LogP contribution in [-0.4, -0.2) is 31.8 Å². The number of halogens is 1. The van der Waals surface area contributed by atoms with Crippen LogP contribution in [-0.2, 0) is 6.42 Å². The van der Waals surface area contributed by atoms with Gasteiger partial charge in [0.2, 0.25) is 0 Å². The average Bonchev–Trinajstić information content (AvgIpc) is 2.54. The van der Waals surface area contributed by atoms with Crippen molar-refractivity contribution < 1.29 is 14.3 Å². The first kappa shape index (κ1) is 16.9. The van der Waals surface area contributed by atoms with Crippen molar-refractivity contribution >= 4 is 23.4 Å². The summed E-state index contributed by atoms with van der Waals surface area (Å²) in [6.07, 6.45) is 2.19. The molecule has 0 fully saturated rings. The molecule has 2 rings (SSSR count). The van der Waals surface area contributed by atoms with Gasteiger partial charge in [-0.1, -0.05) is 17.7 Å². The van der Waals surface area contributed by atoms with E-state index in [2.05, 4.69) is 15.6 Å². The van der Waals surface area contributed by atoms with Crippen LogP contribution in [0, 0.1) is 0 Å². The van der Waals surface area contributed by atoms with Crippen LogP contribution < -0.4 is 20.1 Å². The number of carbonyl (C=O) groups is 1. The largest absolute Gasteiger partial charge is 0.493 e. The van der Waals surface area contributed by atoms with Gasteiger partial charge in [0.05, 0.1) is 14.2 Å². The van der Waals surface area contributed by atoms with Gasteiger partial charge in [-0.25, -0.2) is 9.78 Å². The first-order valence-corrected chi connectivity index (χ1v) is 7.37. The van der Waals surface area contributed by atoms with Crippen molar-refractivity contribution in [2.24, 2.45) is 0 Å². The molecular formula is C16H18ClN3O3. The van der Waals surface area contributed by atoms with Crippen LogP contribution in [0.4, 0.5) is 10.6 Å². The molecule has 0 aliphatic rings. The average molecular weight is 336 g/mol. The van der Waals surface area contributed by atoms with Crippen molar-refractivity contribution in [3.8, 4) is 11.5 Å². The Balaban J connectivity index is 1.83. The normalized spacial score (nSPS) is 10.0. The van der Waals surface area contributed by atoms with Crippen molar-refractivity contribution in [3.05, 3.63) is 47.1 Å². The number of ether oxygens (including phenoxy) is 2. The highest BCUT2D eigenvalue weighted by molar-refractivity contribution is 6.30. The van der Waals surface area contributed by atoms with Crippen LogP contribution in [0.15, 0.2) is 36.5 Å². The Morgan fingerprint density at radius 1 is 1.17 bits per heavy atom. The number of nitrogens with zero attached hydrogens (tertiary/aromatic N) is 1. The number of carbonyl (C=O) groups excluding carboxylic acids is 1. The standard InChI is InChI=1S/C16H18ClN3O3/c1-22-13-4-3-11(9-14(13)23-2)5-7-19-16(21)20-15-10-12(17)6-8-18-15/h3-4,6,8-10H,5,7H2,1-2H3,(H2,18,19,20,21). The number of benzene rings is 1. The Kier molecular flexibility index (Phi) is 6.05. The van der Waals surface area contributed by atoms with Gasteiger partial charge in [-0.15, -0.1) is 0 Å². The predicted molar refractivity (Wildman–Crippen MR) is 89.5 cm³/mol. The second-order valence-electron chi connectivity index (χ2n) is 4.68. The molecule has 1 aromatic heterocycles. The van der Waals surface area contributed by atoms with Crippen LogP contribution >= 0.6 is 11.6 Å². The number of amides is 2. The van der Waals surface area contributed by atoms with Gasteiger partial charge in [0.25, 0.3) is 0 Å². The molecule has 0 spiro atoms. The maximum absolute atomic E-state index is 11.8. The highest BCUT2D eigenvalue weighted by atomic mass is 35.5. The fourth-order valence-corrected chi connectivity index (χ4v) is 2.15. The number of nitrogens with one attached hydrogen (secondary N) is 2. The van der Waals surface area contributed by atoms with Crippen molar-refractivity contribution in [2.45, 2.75) is 6.42 Å². The molecule has 7 heteroatoms. The van der Waals surface area contributed by atoms with E-state index in [4.69, 9.17) is 21.1 Å². The quantitative estimate of drug-likeness (QED) is 0.850. The minimum Gasteiger partial charge on any atom is -0.493 e. The van der Waals surface area contributed by atoms with Gasteiger partial charge in [0, 0.05) is 17.8 Å². The second kappa shape index (κ2) is 8.24. The van der Waals surface area contributed by atoms with E-state index in [1.807, 2.05) is 18.2 Å². The lowest BCUT2D eigenvalue weighted by molar-refractivity contribution is 0.252. The summed E-state index contributed by atoms with van der Waals surface area (Å²) in [4.78, 5) is 15.8. The molecule has 122 valence electrons. The van der Waals surface area contributed by atoms with Crippen LogP contribution in [0.25, 0.3) is 0 Å².